The summed E-state index contributed by atoms with van der Waals surface area (Å²) in [7, 11) is -1.35. The average Bonchev–Trinajstić information content (AvgIpc) is 3.45. The second-order valence-electron chi connectivity index (χ2n) is 12.5. The first kappa shape index (κ1) is 29.2. The van der Waals surface area contributed by atoms with Crippen molar-refractivity contribution >= 4 is 22.9 Å². The second kappa shape index (κ2) is 11.0. The zero-order valence-electron chi connectivity index (χ0n) is 23.9. The maximum atomic E-state index is 14.3. The Labute approximate surface area is 233 Å². The van der Waals surface area contributed by atoms with Crippen molar-refractivity contribution in [3.05, 3.63) is 42.1 Å². The van der Waals surface area contributed by atoms with Gasteiger partial charge in [-0.1, -0.05) is 0 Å². The molecule has 2 aliphatic rings. The van der Waals surface area contributed by atoms with Gasteiger partial charge in [-0.2, -0.15) is 0 Å². The van der Waals surface area contributed by atoms with E-state index in [0.717, 1.165) is 25.9 Å². The van der Waals surface area contributed by atoms with Crippen LogP contribution in [0.5, 0.6) is 11.5 Å². The first-order valence-electron chi connectivity index (χ1n) is 13.3. The van der Waals surface area contributed by atoms with Crippen molar-refractivity contribution in [2.45, 2.75) is 77.7 Å². The Morgan fingerprint density at radius 2 is 1.85 bits per heavy atom. The van der Waals surface area contributed by atoms with E-state index in [9.17, 15) is 13.4 Å². The number of nitrogens with zero attached hydrogens (tertiary/aromatic N) is 4. The summed E-state index contributed by atoms with van der Waals surface area (Å²) in [5.74, 6) is 1.12. The quantitative estimate of drug-likeness (QED) is 0.507. The van der Waals surface area contributed by atoms with Crippen LogP contribution < -0.4 is 14.4 Å². The molecule has 2 fully saturated rings. The molecule has 0 saturated carbocycles. The van der Waals surface area contributed by atoms with Gasteiger partial charge < -0.3 is 19.3 Å². The molecule has 1 amide bonds. The Morgan fingerprint density at radius 1 is 1.13 bits per heavy atom. The molecule has 3 heterocycles. The lowest BCUT2D eigenvalue weighted by Gasteiger charge is -2.27. The summed E-state index contributed by atoms with van der Waals surface area (Å²) in [6.45, 7) is 15.8. The lowest BCUT2D eigenvalue weighted by molar-refractivity contribution is 0.0276. The highest BCUT2D eigenvalue weighted by molar-refractivity contribution is 7.84. The largest absolute Gasteiger partial charge is 0.451 e. The van der Waals surface area contributed by atoms with Gasteiger partial charge in [-0.15, -0.1) is 0 Å². The highest BCUT2D eigenvalue weighted by atomic mass is 32.2. The predicted molar refractivity (Wildman–Crippen MR) is 150 cm³/mol. The fraction of sp³-hybridized carbons (Fsp3) is 0.607. The van der Waals surface area contributed by atoms with Gasteiger partial charge in [0.2, 0.25) is 0 Å². The van der Waals surface area contributed by atoms with Gasteiger partial charge in [0.1, 0.15) is 23.5 Å². The molecule has 1 aromatic carbocycles. The van der Waals surface area contributed by atoms with Crippen LogP contribution in [0.2, 0.25) is 0 Å². The van der Waals surface area contributed by atoms with E-state index in [1.807, 2.05) is 48.5 Å². The topological polar surface area (TPSA) is 96.9 Å². The molecule has 0 aliphatic carbocycles. The first-order chi connectivity index (χ1) is 18.2. The molecule has 214 valence electrons. The van der Waals surface area contributed by atoms with Crippen LogP contribution in [-0.4, -0.2) is 61.7 Å². The van der Waals surface area contributed by atoms with E-state index in [4.69, 9.17) is 9.47 Å². The molecule has 2 aliphatic heterocycles. The van der Waals surface area contributed by atoms with Crippen molar-refractivity contribution in [1.29, 1.82) is 0 Å². The van der Waals surface area contributed by atoms with E-state index < -0.39 is 33.2 Å². The van der Waals surface area contributed by atoms with E-state index >= 15 is 0 Å². The Bertz CT molecular complexity index is 1230. The SMILES string of the molecule is CC(NS(=O)C(C)(C)C)c1cc(F)ccc1Oc1cncnc1N1CCC2(CCN(C(=O)OC(C)(C)C)C2)C1. The molecule has 1 aromatic heterocycles. The number of carbonyl (C=O) groups is 1. The summed E-state index contributed by atoms with van der Waals surface area (Å²) in [4.78, 5) is 25.3. The number of ether oxygens (including phenoxy) is 2. The van der Waals surface area contributed by atoms with Crippen molar-refractivity contribution in [3.8, 4) is 11.5 Å². The molecule has 1 spiro atoms. The van der Waals surface area contributed by atoms with Gasteiger partial charge in [0.25, 0.3) is 0 Å². The molecule has 3 unspecified atom stereocenters. The monoisotopic (exact) mass is 561 g/mol. The molecule has 2 saturated heterocycles. The van der Waals surface area contributed by atoms with Crippen molar-refractivity contribution in [2.75, 3.05) is 31.1 Å². The maximum absolute atomic E-state index is 14.3. The van der Waals surface area contributed by atoms with Crippen LogP contribution in [0.15, 0.2) is 30.7 Å². The second-order valence-corrected chi connectivity index (χ2v) is 14.5. The molecule has 11 heteroatoms. The maximum Gasteiger partial charge on any atom is 0.410 e. The molecule has 1 N–H and O–H groups in total. The number of hydrogen-bond donors (Lipinski definition) is 1. The third-order valence-electron chi connectivity index (χ3n) is 6.98. The Morgan fingerprint density at radius 3 is 2.54 bits per heavy atom. The van der Waals surface area contributed by atoms with Crippen molar-refractivity contribution in [2.24, 2.45) is 5.41 Å². The highest BCUT2D eigenvalue weighted by Crippen LogP contribution is 2.43. The molecule has 4 rings (SSSR count). The van der Waals surface area contributed by atoms with Gasteiger partial charge >= 0.3 is 6.09 Å². The van der Waals surface area contributed by atoms with Gasteiger partial charge in [0, 0.05) is 43.2 Å². The number of rotatable bonds is 6. The number of hydrogen-bond acceptors (Lipinski definition) is 7. The van der Waals surface area contributed by atoms with E-state index in [1.54, 1.807) is 17.2 Å². The molecule has 0 radical (unpaired) electrons. The minimum Gasteiger partial charge on any atom is -0.451 e. The lowest BCUT2D eigenvalue weighted by Crippen LogP contribution is -2.37. The van der Waals surface area contributed by atoms with Crippen molar-refractivity contribution in [3.63, 3.8) is 0 Å². The Hall–Kier alpha value is -2.79. The smallest absolute Gasteiger partial charge is 0.410 e. The molecule has 39 heavy (non-hydrogen) atoms. The minimum atomic E-state index is -1.35. The fourth-order valence-corrected chi connectivity index (χ4v) is 5.76. The summed E-state index contributed by atoms with van der Waals surface area (Å²) in [6, 6.07) is 3.87. The summed E-state index contributed by atoms with van der Waals surface area (Å²) in [5, 5.41) is 0. The standard InChI is InChI=1S/C28H40FN5O4S/c1-19(32-39(36)27(5,6)7)21-14-20(29)8-9-22(21)37-23-15-30-18-31-24(23)33-12-10-28(16-33)11-13-34(17-28)25(35)38-26(2,3)4/h8-9,14-15,18-19,32H,10-13,16-17H2,1-7H3. The number of carbonyl (C=O) groups excluding carboxylic acids is 1. The predicted octanol–water partition coefficient (Wildman–Crippen LogP) is 5.36. The zero-order chi connectivity index (χ0) is 28.6. The number of halogens is 1. The summed E-state index contributed by atoms with van der Waals surface area (Å²) < 4.78 is 41.4. The number of aromatic nitrogens is 2. The normalized spacial score (nSPS) is 21.3. The Kier molecular flexibility index (Phi) is 8.23. The minimum absolute atomic E-state index is 0.0460. The van der Waals surface area contributed by atoms with Crippen LogP contribution in [0.1, 0.15) is 72.9 Å². The van der Waals surface area contributed by atoms with E-state index in [-0.39, 0.29) is 11.5 Å². The molecular weight excluding hydrogens is 521 g/mol. The van der Waals surface area contributed by atoms with Crippen LogP contribution in [0.3, 0.4) is 0 Å². The van der Waals surface area contributed by atoms with Gasteiger partial charge in [-0.05, 0) is 79.5 Å². The number of likely N-dealkylation sites (tertiary alicyclic amines) is 1. The number of amides is 1. The number of benzene rings is 1. The molecule has 2 aromatic rings. The van der Waals surface area contributed by atoms with E-state index in [1.165, 1.54) is 18.5 Å². The van der Waals surface area contributed by atoms with Gasteiger partial charge in [-0.25, -0.2) is 28.1 Å². The highest BCUT2D eigenvalue weighted by Gasteiger charge is 2.46. The van der Waals surface area contributed by atoms with Gasteiger partial charge in [-0.3, -0.25) is 0 Å². The third-order valence-corrected chi connectivity index (χ3v) is 8.66. The van der Waals surface area contributed by atoms with Gasteiger partial charge in [0.05, 0.1) is 21.9 Å². The van der Waals surface area contributed by atoms with Crippen LogP contribution in [-0.2, 0) is 15.7 Å². The first-order valence-corrected chi connectivity index (χ1v) is 14.5. The lowest BCUT2D eigenvalue weighted by atomic mass is 9.86. The summed E-state index contributed by atoms with van der Waals surface area (Å²) in [6.07, 6.45) is 4.62. The number of nitrogens with one attached hydrogen (secondary N) is 1. The average molecular weight is 562 g/mol. The fourth-order valence-electron chi connectivity index (χ4n) is 4.96. The third kappa shape index (κ3) is 7.05. The van der Waals surface area contributed by atoms with Crippen LogP contribution >= 0.6 is 0 Å². The molecular formula is C28H40FN5O4S. The van der Waals surface area contributed by atoms with Crippen LogP contribution in [0, 0.1) is 11.2 Å². The van der Waals surface area contributed by atoms with Gasteiger partial charge in [0.15, 0.2) is 11.6 Å². The molecule has 9 nitrogen and oxygen atoms in total. The molecule has 3 atom stereocenters. The summed E-state index contributed by atoms with van der Waals surface area (Å²) >= 11 is 0. The van der Waals surface area contributed by atoms with E-state index in [0.29, 0.717) is 36.0 Å². The van der Waals surface area contributed by atoms with Crippen LogP contribution in [0.25, 0.3) is 0 Å². The zero-order valence-corrected chi connectivity index (χ0v) is 24.7. The van der Waals surface area contributed by atoms with E-state index in [2.05, 4.69) is 19.6 Å². The van der Waals surface area contributed by atoms with Crippen LogP contribution in [0.4, 0.5) is 15.0 Å². The number of anilines is 1. The van der Waals surface area contributed by atoms with Crippen molar-refractivity contribution in [1.82, 2.24) is 19.6 Å². The summed E-state index contributed by atoms with van der Waals surface area (Å²) in [5.41, 5.74) is -0.0326. The Balaban J connectivity index is 1.51. The van der Waals surface area contributed by atoms with Crippen molar-refractivity contribution < 1.29 is 22.9 Å². The molecule has 0 bridgehead atoms.